The SMILES string of the molecule is C[C@H]1CC2(CCC[C@@H]1P(=O)(c1ccccc1)c1ccccc1)O[C@H](C)[C@@H](C)O2. The van der Waals surface area contributed by atoms with Crippen LogP contribution in [0.1, 0.15) is 46.5 Å². The minimum atomic E-state index is -2.78. The van der Waals surface area contributed by atoms with Gasteiger partial charge in [0.05, 0.1) is 12.2 Å². The molecule has 28 heavy (non-hydrogen) atoms. The number of benzene rings is 2. The third-order valence-corrected chi connectivity index (χ3v) is 10.4. The molecule has 4 atom stereocenters. The molecular weight excluding hydrogens is 367 g/mol. The molecule has 0 aromatic heterocycles. The first-order valence-electron chi connectivity index (χ1n) is 10.5. The van der Waals surface area contributed by atoms with Crippen molar-refractivity contribution < 1.29 is 14.0 Å². The van der Waals surface area contributed by atoms with Crippen molar-refractivity contribution >= 4 is 17.8 Å². The Kier molecular flexibility index (Phi) is 5.53. The van der Waals surface area contributed by atoms with E-state index in [0.29, 0.717) is 0 Å². The van der Waals surface area contributed by atoms with Crippen LogP contribution in [0.4, 0.5) is 0 Å². The Bertz CT molecular complexity index is 782. The van der Waals surface area contributed by atoms with Gasteiger partial charge in [0.2, 0.25) is 0 Å². The van der Waals surface area contributed by atoms with Gasteiger partial charge in [-0.15, -0.1) is 0 Å². The Morgan fingerprint density at radius 3 is 1.86 bits per heavy atom. The molecule has 1 saturated heterocycles. The van der Waals surface area contributed by atoms with Crippen molar-refractivity contribution in [2.24, 2.45) is 5.92 Å². The van der Waals surface area contributed by atoms with Crippen LogP contribution in [-0.4, -0.2) is 23.7 Å². The van der Waals surface area contributed by atoms with Crippen LogP contribution < -0.4 is 10.6 Å². The van der Waals surface area contributed by atoms with Gasteiger partial charge in [-0.25, -0.2) is 0 Å². The van der Waals surface area contributed by atoms with E-state index in [0.717, 1.165) is 36.3 Å². The van der Waals surface area contributed by atoms with Gasteiger partial charge >= 0.3 is 0 Å². The molecule has 1 heterocycles. The second-order valence-electron chi connectivity index (χ2n) is 8.53. The maximum absolute atomic E-state index is 14.8. The van der Waals surface area contributed by atoms with Crippen molar-refractivity contribution in [3.8, 4) is 0 Å². The van der Waals surface area contributed by atoms with Crippen LogP contribution in [0.25, 0.3) is 0 Å². The lowest BCUT2D eigenvalue weighted by Gasteiger charge is -2.34. The molecule has 4 heteroatoms. The van der Waals surface area contributed by atoms with Gasteiger partial charge in [-0.1, -0.05) is 67.6 Å². The molecule has 0 amide bonds. The summed E-state index contributed by atoms with van der Waals surface area (Å²) in [5.74, 6) is -0.267. The number of ether oxygens (including phenoxy) is 2. The van der Waals surface area contributed by atoms with Crippen molar-refractivity contribution in [3.63, 3.8) is 0 Å². The summed E-state index contributed by atoms with van der Waals surface area (Å²) in [7, 11) is -2.78. The first kappa shape index (κ1) is 19.9. The number of rotatable bonds is 3. The summed E-state index contributed by atoms with van der Waals surface area (Å²) in [6.45, 7) is 6.41. The van der Waals surface area contributed by atoms with Gasteiger partial charge in [-0.2, -0.15) is 0 Å². The molecule has 3 nitrogen and oxygen atoms in total. The zero-order chi connectivity index (χ0) is 19.8. The van der Waals surface area contributed by atoms with Crippen molar-refractivity contribution in [1.29, 1.82) is 0 Å². The number of hydrogen-bond acceptors (Lipinski definition) is 3. The highest BCUT2D eigenvalue weighted by Gasteiger charge is 2.50. The highest BCUT2D eigenvalue weighted by atomic mass is 31.2. The highest BCUT2D eigenvalue weighted by Crippen LogP contribution is 2.57. The van der Waals surface area contributed by atoms with E-state index >= 15 is 0 Å². The van der Waals surface area contributed by atoms with E-state index in [-0.39, 0.29) is 23.8 Å². The molecule has 1 aliphatic carbocycles. The fourth-order valence-electron chi connectivity index (χ4n) is 5.08. The highest BCUT2D eigenvalue weighted by molar-refractivity contribution is 7.79. The topological polar surface area (TPSA) is 35.5 Å². The molecule has 2 aromatic carbocycles. The maximum Gasteiger partial charge on any atom is 0.169 e. The Balaban J connectivity index is 1.73. The van der Waals surface area contributed by atoms with Crippen LogP contribution in [0.3, 0.4) is 0 Å². The quantitative estimate of drug-likeness (QED) is 0.675. The van der Waals surface area contributed by atoms with Gasteiger partial charge in [0.15, 0.2) is 5.79 Å². The number of hydrogen-bond donors (Lipinski definition) is 0. The average Bonchev–Trinajstić information content (AvgIpc) is 2.88. The van der Waals surface area contributed by atoms with E-state index in [2.05, 4.69) is 20.8 Å². The summed E-state index contributed by atoms with van der Waals surface area (Å²) in [6.07, 6.45) is 3.80. The molecule has 2 aromatic rings. The van der Waals surface area contributed by atoms with E-state index in [1.807, 2.05) is 60.7 Å². The molecular formula is C24H31O3P. The minimum absolute atomic E-state index is 0.0927. The molecule has 0 N–H and O–H groups in total. The summed E-state index contributed by atoms with van der Waals surface area (Å²) in [4.78, 5) is 0. The van der Waals surface area contributed by atoms with Gasteiger partial charge in [0.1, 0.15) is 7.14 Å². The monoisotopic (exact) mass is 398 g/mol. The van der Waals surface area contributed by atoms with E-state index in [1.165, 1.54) is 0 Å². The third-order valence-electron chi connectivity index (χ3n) is 6.56. The molecule has 0 bridgehead atoms. The molecule has 0 unspecified atom stereocenters. The largest absolute Gasteiger partial charge is 0.344 e. The third kappa shape index (κ3) is 3.49. The molecule has 4 rings (SSSR count). The van der Waals surface area contributed by atoms with Crippen molar-refractivity contribution in [3.05, 3.63) is 60.7 Å². The average molecular weight is 398 g/mol. The molecule has 1 aliphatic heterocycles. The van der Waals surface area contributed by atoms with Gasteiger partial charge in [-0.3, -0.25) is 0 Å². The molecule has 1 saturated carbocycles. The Morgan fingerprint density at radius 1 is 0.857 bits per heavy atom. The normalized spacial score (nSPS) is 30.2. The molecule has 1 spiro atoms. The van der Waals surface area contributed by atoms with E-state index in [9.17, 15) is 4.57 Å². The summed E-state index contributed by atoms with van der Waals surface area (Å²) in [6, 6.07) is 20.1. The Hall–Kier alpha value is -1.41. The van der Waals surface area contributed by atoms with Crippen molar-refractivity contribution in [2.45, 2.75) is 70.1 Å². The fraction of sp³-hybridized carbons (Fsp3) is 0.500. The summed E-state index contributed by atoms with van der Waals surface area (Å²) < 4.78 is 27.4. The summed E-state index contributed by atoms with van der Waals surface area (Å²) in [5.41, 5.74) is 0.0927. The van der Waals surface area contributed by atoms with Crippen LogP contribution in [0, 0.1) is 5.92 Å². The predicted molar refractivity (Wildman–Crippen MR) is 115 cm³/mol. The fourth-order valence-corrected chi connectivity index (χ4v) is 8.74. The lowest BCUT2D eigenvalue weighted by molar-refractivity contribution is -0.185. The van der Waals surface area contributed by atoms with Crippen LogP contribution in [0.15, 0.2) is 60.7 Å². The Labute approximate surface area is 168 Å². The first-order valence-corrected chi connectivity index (χ1v) is 12.3. The van der Waals surface area contributed by atoms with E-state index in [4.69, 9.17) is 9.47 Å². The predicted octanol–water partition coefficient (Wildman–Crippen LogP) is 5.10. The van der Waals surface area contributed by atoms with Crippen molar-refractivity contribution in [2.75, 3.05) is 0 Å². The zero-order valence-corrected chi connectivity index (χ0v) is 18.0. The van der Waals surface area contributed by atoms with Crippen LogP contribution in [0.5, 0.6) is 0 Å². The summed E-state index contributed by atoms with van der Waals surface area (Å²) in [5, 5.41) is 1.92. The van der Waals surface area contributed by atoms with E-state index in [1.54, 1.807) is 0 Å². The van der Waals surface area contributed by atoms with Gasteiger partial charge in [0, 0.05) is 29.1 Å². The second kappa shape index (κ2) is 7.78. The first-order chi connectivity index (χ1) is 13.4. The molecule has 0 radical (unpaired) electrons. The molecule has 150 valence electrons. The smallest absolute Gasteiger partial charge is 0.169 e. The maximum atomic E-state index is 14.8. The summed E-state index contributed by atoms with van der Waals surface area (Å²) >= 11 is 0. The molecule has 2 fully saturated rings. The zero-order valence-electron chi connectivity index (χ0n) is 17.1. The lowest BCUT2D eigenvalue weighted by atomic mass is 9.99. The van der Waals surface area contributed by atoms with Crippen LogP contribution in [-0.2, 0) is 14.0 Å². The van der Waals surface area contributed by atoms with E-state index < -0.39 is 12.9 Å². The van der Waals surface area contributed by atoms with Gasteiger partial charge < -0.3 is 14.0 Å². The minimum Gasteiger partial charge on any atom is -0.344 e. The van der Waals surface area contributed by atoms with Gasteiger partial charge in [-0.05, 0) is 32.6 Å². The van der Waals surface area contributed by atoms with Gasteiger partial charge in [0.25, 0.3) is 0 Å². The Morgan fingerprint density at radius 2 is 1.36 bits per heavy atom. The molecule has 2 aliphatic rings. The van der Waals surface area contributed by atoms with Crippen molar-refractivity contribution in [1.82, 2.24) is 0 Å². The second-order valence-corrected chi connectivity index (χ2v) is 11.5. The standard InChI is InChI=1S/C24H31O3P/c1-18-17-24(26-19(2)20(3)27-24)16-10-15-23(18)28(25,21-11-6-4-7-12-21)22-13-8-5-9-14-22/h4-9,11-14,18-20,23H,10,15-17H2,1-3H3/t18-,19+,20+,23-/m0/s1. The lowest BCUT2D eigenvalue weighted by Crippen LogP contribution is -2.35. The van der Waals surface area contributed by atoms with Crippen LogP contribution in [0.2, 0.25) is 0 Å². The van der Waals surface area contributed by atoms with Crippen LogP contribution >= 0.6 is 7.14 Å².